The number of aromatic nitrogens is 2. The zero-order chi connectivity index (χ0) is 15.5. The van der Waals surface area contributed by atoms with Crippen molar-refractivity contribution in [2.45, 2.75) is 32.7 Å². The molecule has 0 fully saturated rings. The summed E-state index contributed by atoms with van der Waals surface area (Å²) in [6.45, 7) is 6.72. The van der Waals surface area contributed by atoms with Crippen LogP contribution in [0.3, 0.4) is 0 Å². The van der Waals surface area contributed by atoms with Crippen LogP contribution in [0, 0.1) is 5.82 Å². The van der Waals surface area contributed by atoms with Crippen molar-refractivity contribution in [2.75, 3.05) is 17.7 Å². The Labute approximate surface area is 124 Å². The standard InChI is InChI=1S/C16H21FN4/c1-16(2,3)15-20-13(18-4)9-14(21-15)19-10-11-6-5-7-12(17)8-11/h5-9H,10H2,1-4H3,(H2,18,19,20,21). The molecular formula is C16H21FN4. The zero-order valence-electron chi connectivity index (χ0n) is 12.9. The summed E-state index contributed by atoms with van der Waals surface area (Å²) in [7, 11) is 1.82. The number of benzene rings is 1. The molecule has 0 atom stereocenters. The summed E-state index contributed by atoms with van der Waals surface area (Å²) in [5, 5.41) is 6.25. The van der Waals surface area contributed by atoms with Gasteiger partial charge in [-0.3, -0.25) is 0 Å². The van der Waals surface area contributed by atoms with Gasteiger partial charge in [-0.1, -0.05) is 32.9 Å². The van der Waals surface area contributed by atoms with Gasteiger partial charge in [-0.05, 0) is 17.7 Å². The molecule has 0 bridgehead atoms. The second-order valence-electron chi connectivity index (χ2n) is 5.95. The molecule has 0 radical (unpaired) electrons. The Kier molecular flexibility index (Phi) is 4.40. The first-order valence-electron chi connectivity index (χ1n) is 6.94. The van der Waals surface area contributed by atoms with E-state index in [0.29, 0.717) is 6.54 Å². The lowest BCUT2D eigenvalue weighted by molar-refractivity contribution is 0.546. The molecule has 4 nitrogen and oxygen atoms in total. The molecule has 112 valence electrons. The zero-order valence-corrected chi connectivity index (χ0v) is 12.9. The average Bonchev–Trinajstić information content (AvgIpc) is 2.44. The highest BCUT2D eigenvalue weighted by molar-refractivity contribution is 5.48. The molecule has 0 aliphatic rings. The van der Waals surface area contributed by atoms with Crippen molar-refractivity contribution < 1.29 is 4.39 Å². The third kappa shape index (κ3) is 4.15. The van der Waals surface area contributed by atoms with Crippen molar-refractivity contribution in [1.82, 2.24) is 9.97 Å². The first-order chi connectivity index (χ1) is 9.88. The van der Waals surface area contributed by atoms with E-state index in [1.165, 1.54) is 12.1 Å². The number of hydrogen-bond donors (Lipinski definition) is 2. The van der Waals surface area contributed by atoms with E-state index in [-0.39, 0.29) is 11.2 Å². The number of halogens is 1. The molecule has 1 aromatic carbocycles. The number of nitrogens with one attached hydrogen (secondary N) is 2. The van der Waals surface area contributed by atoms with Crippen molar-refractivity contribution >= 4 is 11.6 Å². The summed E-state index contributed by atoms with van der Waals surface area (Å²) in [5.74, 6) is 2.01. The van der Waals surface area contributed by atoms with Crippen LogP contribution in [0.5, 0.6) is 0 Å². The van der Waals surface area contributed by atoms with E-state index in [1.807, 2.05) is 19.2 Å². The van der Waals surface area contributed by atoms with Crippen LogP contribution in [0.1, 0.15) is 32.2 Å². The van der Waals surface area contributed by atoms with Gasteiger partial charge in [-0.15, -0.1) is 0 Å². The summed E-state index contributed by atoms with van der Waals surface area (Å²) in [4.78, 5) is 9.00. The van der Waals surface area contributed by atoms with Crippen LogP contribution in [0.4, 0.5) is 16.0 Å². The summed E-state index contributed by atoms with van der Waals surface area (Å²) < 4.78 is 13.2. The maximum atomic E-state index is 13.2. The molecule has 0 amide bonds. The topological polar surface area (TPSA) is 49.8 Å². The average molecular weight is 288 g/mol. The minimum absolute atomic E-state index is 0.137. The first kappa shape index (κ1) is 15.2. The van der Waals surface area contributed by atoms with E-state index in [1.54, 1.807) is 6.07 Å². The van der Waals surface area contributed by atoms with Gasteiger partial charge in [-0.2, -0.15) is 0 Å². The highest BCUT2D eigenvalue weighted by Crippen LogP contribution is 2.22. The van der Waals surface area contributed by atoms with Crippen molar-refractivity contribution in [1.29, 1.82) is 0 Å². The smallest absolute Gasteiger partial charge is 0.138 e. The number of anilines is 2. The fourth-order valence-electron chi connectivity index (χ4n) is 1.84. The van der Waals surface area contributed by atoms with Gasteiger partial charge in [0.25, 0.3) is 0 Å². The predicted molar refractivity (Wildman–Crippen MR) is 84.0 cm³/mol. The highest BCUT2D eigenvalue weighted by atomic mass is 19.1. The van der Waals surface area contributed by atoms with E-state index >= 15 is 0 Å². The van der Waals surface area contributed by atoms with Gasteiger partial charge in [0, 0.05) is 25.1 Å². The molecule has 5 heteroatoms. The summed E-state index contributed by atoms with van der Waals surface area (Å²) in [6, 6.07) is 8.37. The molecule has 0 aliphatic carbocycles. The Hall–Kier alpha value is -2.17. The van der Waals surface area contributed by atoms with Crippen LogP contribution in [0.15, 0.2) is 30.3 Å². The van der Waals surface area contributed by atoms with Crippen LogP contribution in [0.25, 0.3) is 0 Å². The van der Waals surface area contributed by atoms with Crippen LogP contribution in [0.2, 0.25) is 0 Å². The van der Waals surface area contributed by atoms with E-state index < -0.39 is 0 Å². The van der Waals surface area contributed by atoms with E-state index in [2.05, 4.69) is 41.4 Å². The molecule has 0 saturated carbocycles. The molecule has 0 aliphatic heterocycles. The van der Waals surface area contributed by atoms with Crippen molar-refractivity contribution in [3.8, 4) is 0 Å². The molecule has 1 aromatic heterocycles. The molecule has 2 N–H and O–H groups in total. The van der Waals surface area contributed by atoms with Crippen LogP contribution in [-0.2, 0) is 12.0 Å². The van der Waals surface area contributed by atoms with Crippen molar-refractivity contribution in [3.05, 3.63) is 47.5 Å². The molecule has 21 heavy (non-hydrogen) atoms. The molecule has 2 rings (SSSR count). The van der Waals surface area contributed by atoms with Crippen LogP contribution < -0.4 is 10.6 Å². The molecule has 2 aromatic rings. The quantitative estimate of drug-likeness (QED) is 0.903. The Morgan fingerprint density at radius 2 is 1.81 bits per heavy atom. The first-order valence-corrected chi connectivity index (χ1v) is 6.94. The van der Waals surface area contributed by atoms with E-state index in [9.17, 15) is 4.39 Å². The van der Waals surface area contributed by atoms with Gasteiger partial charge in [0.1, 0.15) is 23.3 Å². The van der Waals surface area contributed by atoms with Crippen LogP contribution in [-0.4, -0.2) is 17.0 Å². The second kappa shape index (κ2) is 6.08. The Balaban J connectivity index is 2.19. The highest BCUT2D eigenvalue weighted by Gasteiger charge is 2.18. The third-order valence-electron chi connectivity index (χ3n) is 3.02. The number of nitrogens with zero attached hydrogens (tertiary/aromatic N) is 2. The lowest BCUT2D eigenvalue weighted by Crippen LogP contribution is -2.18. The Morgan fingerprint density at radius 1 is 1.10 bits per heavy atom. The molecule has 1 heterocycles. The fourth-order valence-corrected chi connectivity index (χ4v) is 1.84. The normalized spacial score (nSPS) is 11.3. The maximum absolute atomic E-state index is 13.2. The lowest BCUT2D eigenvalue weighted by atomic mass is 9.96. The van der Waals surface area contributed by atoms with Gasteiger partial charge in [0.05, 0.1) is 0 Å². The van der Waals surface area contributed by atoms with Crippen molar-refractivity contribution in [3.63, 3.8) is 0 Å². The summed E-state index contributed by atoms with van der Waals surface area (Å²) in [6.07, 6.45) is 0. The second-order valence-corrected chi connectivity index (χ2v) is 5.95. The summed E-state index contributed by atoms with van der Waals surface area (Å²) >= 11 is 0. The summed E-state index contributed by atoms with van der Waals surface area (Å²) in [5.41, 5.74) is 0.735. The number of hydrogen-bond acceptors (Lipinski definition) is 4. The largest absolute Gasteiger partial charge is 0.373 e. The molecule has 0 unspecified atom stereocenters. The van der Waals surface area contributed by atoms with Gasteiger partial charge < -0.3 is 10.6 Å². The third-order valence-corrected chi connectivity index (χ3v) is 3.02. The Morgan fingerprint density at radius 3 is 2.43 bits per heavy atom. The van der Waals surface area contributed by atoms with Gasteiger partial charge in [0.2, 0.25) is 0 Å². The van der Waals surface area contributed by atoms with Gasteiger partial charge in [0.15, 0.2) is 0 Å². The number of rotatable bonds is 4. The minimum Gasteiger partial charge on any atom is -0.373 e. The van der Waals surface area contributed by atoms with Gasteiger partial charge in [-0.25, -0.2) is 14.4 Å². The fraction of sp³-hybridized carbons (Fsp3) is 0.375. The minimum atomic E-state index is -0.233. The van der Waals surface area contributed by atoms with Crippen molar-refractivity contribution in [2.24, 2.45) is 0 Å². The van der Waals surface area contributed by atoms with Gasteiger partial charge >= 0.3 is 0 Å². The van der Waals surface area contributed by atoms with E-state index in [0.717, 1.165) is 23.0 Å². The van der Waals surface area contributed by atoms with Crippen LogP contribution >= 0.6 is 0 Å². The molecule has 0 saturated heterocycles. The van der Waals surface area contributed by atoms with E-state index in [4.69, 9.17) is 0 Å². The lowest BCUT2D eigenvalue weighted by Gasteiger charge is -2.19. The molecular weight excluding hydrogens is 267 g/mol. The monoisotopic (exact) mass is 288 g/mol. The Bertz CT molecular complexity index is 620. The maximum Gasteiger partial charge on any atom is 0.138 e. The predicted octanol–water partition coefficient (Wildman–Crippen LogP) is 3.57. The molecule has 0 spiro atoms. The SMILES string of the molecule is CNc1cc(NCc2cccc(F)c2)nc(C(C)(C)C)n1.